The predicted octanol–water partition coefficient (Wildman–Crippen LogP) is 3.15. The number of ether oxygens (including phenoxy) is 1. The number of hydrogen-bond acceptors (Lipinski definition) is 4. The van der Waals surface area contributed by atoms with Gasteiger partial charge in [-0.25, -0.2) is 0 Å². The highest BCUT2D eigenvalue weighted by Gasteiger charge is 2.14. The quantitative estimate of drug-likeness (QED) is 0.343. The minimum absolute atomic E-state index is 0.0836. The minimum Gasteiger partial charge on any atom is -0.489 e. The maximum atomic E-state index is 10.9. The monoisotopic (exact) mass is 278 g/mol. The van der Waals surface area contributed by atoms with Crippen molar-refractivity contribution < 1.29 is 9.66 Å². The van der Waals surface area contributed by atoms with E-state index in [0.717, 1.165) is 24.1 Å². The molecule has 0 spiro atoms. The lowest BCUT2D eigenvalue weighted by molar-refractivity contribution is -0.385. The molecule has 5 heteroatoms. The van der Waals surface area contributed by atoms with Gasteiger partial charge in [0.15, 0.2) is 0 Å². The molecule has 0 aromatic heterocycles. The second kappa shape index (κ2) is 7.65. The lowest BCUT2D eigenvalue weighted by Gasteiger charge is -2.12. The van der Waals surface area contributed by atoms with Gasteiger partial charge < -0.3 is 10.1 Å². The smallest absolute Gasteiger partial charge is 0.276 e. The van der Waals surface area contributed by atoms with Crippen molar-refractivity contribution in [2.75, 3.05) is 19.7 Å². The highest BCUT2D eigenvalue weighted by molar-refractivity contribution is 5.49. The second-order valence-electron chi connectivity index (χ2n) is 4.88. The van der Waals surface area contributed by atoms with Gasteiger partial charge in [0.2, 0.25) is 0 Å². The molecule has 1 N–H and O–H groups in total. The van der Waals surface area contributed by atoms with Crippen molar-refractivity contribution in [2.45, 2.75) is 27.2 Å². The zero-order valence-electron chi connectivity index (χ0n) is 12.4. The number of rotatable bonds is 8. The first-order chi connectivity index (χ1) is 9.45. The van der Waals surface area contributed by atoms with Crippen LogP contribution in [0.25, 0.3) is 0 Å². The van der Waals surface area contributed by atoms with Crippen molar-refractivity contribution in [1.82, 2.24) is 5.32 Å². The molecule has 110 valence electrons. The molecule has 1 aromatic rings. The molecule has 0 aliphatic rings. The minimum atomic E-state index is -0.390. The van der Waals surface area contributed by atoms with Crippen molar-refractivity contribution in [3.63, 3.8) is 0 Å². The standard InChI is InChI=1S/C15H22N2O3/c1-5-6-16-9-11(2)10-20-15-8-14(17(18)19)12(3)7-13(15)4/h7-8,16H,2,5-6,9-10H2,1,3-4H3. The van der Waals surface area contributed by atoms with E-state index in [1.807, 2.05) is 6.92 Å². The molecular formula is C15H22N2O3. The van der Waals surface area contributed by atoms with Crippen LogP contribution >= 0.6 is 0 Å². The summed E-state index contributed by atoms with van der Waals surface area (Å²) in [6.45, 7) is 11.6. The summed E-state index contributed by atoms with van der Waals surface area (Å²) >= 11 is 0. The Labute approximate surface area is 119 Å². The Morgan fingerprint density at radius 3 is 2.70 bits per heavy atom. The summed E-state index contributed by atoms with van der Waals surface area (Å²) in [6.07, 6.45) is 1.07. The van der Waals surface area contributed by atoms with E-state index in [4.69, 9.17) is 4.74 Å². The molecule has 1 aromatic carbocycles. The van der Waals surface area contributed by atoms with Crippen LogP contribution in [0.4, 0.5) is 5.69 Å². The largest absolute Gasteiger partial charge is 0.489 e. The first kappa shape index (κ1) is 16.2. The Hall–Kier alpha value is -1.88. The first-order valence-corrected chi connectivity index (χ1v) is 6.71. The van der Waals surface area contributed by atoms with Crippen molar-refractivity contribution in [2.24, 2.45) is 0 Å². The van der Waals surface area contributed by atoms with Gasteiger partial charge in [0.05, 0.1) is 11.0 Å². The third kappa shape index (κ3) is 4.66. The maximum Gasteiger partial charge on any atom is 0.276 e. The molecular weight excluding hydrogens is 256 g/mol. The molecule has 5 nitrogen and oxygen atoms in total. The fraction of sp³-hybridized carbons (Fsp3) is 0.467. The molecule has 20 heavy (non-hydrogen) atoms. The van der Waals surface area contributed by atoms with Gasteiger partial charge in [0.1, 0.15) is 12.4 Å². The first-order valence-electron chi connectivity index (χ1n) is 6.71. The summed E-state index contributed by atoms with van der Waals surface area (Å²) in [5, 5.41) is 14.2. The van der Waals surface area contributed by atoms with E-state index in [2.05, 4.69) is 18.8 Å². The number of hydrogen-bond donors (Lipinski definition) is 1. The fourth-order valence-corrected chi connectivity index (χ4v) is 1.85. The van der Waals surface area contributed by atoms with Gasteiger partial charge >= 0.3 is 0 Å². The number of benzene rings is 1. The number of aryl methyl sites for hydroxylation is 2. The zero-order valence-corrected chi connectivity index (χ0v) is 12.4. The summed E-state index contributed by atoms with van der Waals surface area (Å²) in [5.41, 5.74) is 2.53. The molecule has 0 bridgehead atoms. The van der Waals surface area contributed by atoms with Crippen LogP contribution in [-0.2, 0) is 0 Å². The number of nitrogens with one attached hydrogen (secondary N) is 1. The molecule has 0 fully saturated rings. The number of nitro benzene ring substituents is 1. The molecule has 0 heterocycles. The van der Waals surface area contributed by atoms with Crippen molar-refractivity contribution in [3.05, 3.63) is 45.5 Å². The fourth-order valence-electron chi connectivity index (χ4n) is 1.85. The average molecular weight is 278 g/mol. The van der Waals surface area contributed by atoms with Gasteiger partial charge in [-0.2, -0.15) is 0 Å². The van der Waals surface area contributed by atoms with E-state index < -0.39 is 0 Å². The van der Waals surface area contributed by atoms with Crippen LogP contribution in [0.2, 0.25) is 0 Å². The lowest BCUT2D eigenvalue weighted by atomic mass is 10.1. The predicted molar refractivity (Wildman–Crippen MR) is 80.4 cm³/mol. The molecule has 0 aliphatic heterocycles. The van der Waals surface area contributed by atoms with Gasteiger partial charge in [-0.3, -0.25) is 10.1 Å². The Morgan fingerprint density at radius 2 is 2.10 bits per heavy atom. The molecule has 0 aliphatic carbocycles. The second-order valence-corrected chi connectivity index (χ2v) is 4.88. The van der Waals surface area contributed by atoms with Crippen molar-refractivity contribution in [3.8, 4) is 5.75 Å². The van der Waals surface area contributed by atoms with E-state index in [1.165, 1.54) is 6.07 Å². The number of nitrogens with zero attached hydrogens (tertiary/aromatic N) is 1. The van der Waals surface area contributed by atoms with E-state index in [9.17, 15) is 10.1 Å². The van der Waals surface area contributed by atoms with E-state index in [0.29, 0.717) is 24.5 Å². The summed E-state index contributed by atoms with van der Waals surface area (Å²) in [6, 6.07) is 3.25. The van der Waals surface area contributed by atoms with Crippen LogP contribution < -0.4 is 10.1 Å². The Morgan fingerprint density at radius 1 is 1.40 bits per heavy atom. The Balaban J connectivity index is 2.66. The van der Waals surface area contributed by atoms with Crippen LogP contribution in [0.5, 0.6) is 5.75 Å². The summed E-state index contributed by atoms with van der Waals surface area (Å²) in [4.78, 5) is 10.5. The van der Waals surface area contributed by atoms with Crippen molar-refractivity contribution in [1.29, 1.82) is 0 Å². The summed E-state index contributed by atoms with van der Waals surface area (Å²) < 4.78 is 5.63. The van der Waals surface area contributed by atoms with Gasteiger partial charge in [-0.15, -0.1) is 0 Å². The van der Waals surface area contributed by atoms with Gasteiger partial charge in [0.25, 0.3) is 5.69 Å². The maximum absolute atomic E-state index is 10.9. The molecule has 1 rings (SSSR count). The van der Waals surface area contributed by atoms with Crippen LogP contribution in [0.3, 0.4) is 0 Å². The molecule has 0 saturated carbocycles. The van der Waals surface area contributed by atoms with Crippen LogP contribution in [-0.4, -0.2) is 24.6 Å². The van der Waals surface area contributed by atoms with E-state index in [-0.39, 0.29) is 10.6 Å². The summed E-state index contributed by atoms with van der Waals surface area (Å²) in [5.74, 6) is 0.541. The Kier molecular flexibility index (Phi) is 6.18. The van der Waals surface area contributed by atoms with Crippen LogP contribution in [0, 0.1) is 24.0 Å². The average Bonchev–Trinajstić information content (AvgIpc) is 2.37. The highest BCUT2D eigenvalue weighted by Crippen LogP contribution is 2.28. The SMILES string of the molecule is C=C(CNCCC)COc1cc([N+](=O)[O-])c(C)cc1C. The molecule has 0 radical (unpaired) electrons. The number of nitro groups is 1. The highest BCUT2D eigenvalue weighted by atomic mass is 16.6. The Bertz CT molecular complexity index is 498. The van der Waals surface area contributed by atoms with Gasteiger partial charge in [0, 0.05) is 12.1 Å². The molecule has 0 unspecified atom stereocenters. The topological polar surface area (TPSA) is 64.4 Å². The normalized spacial score (nSPS) is 10.3. The summed E-state index contributed by atoms with van der Waals surface area (Å²) in [7, 11) is 0. The van der Waals surface area contributed by atoms with Crippen LogP contribution in [0.15, 0.2) is 24.3 Å². The van der Waals surface area contributed by atoms with Crippen LogP contribution in [0.1, 0.15) is 24.5 Å². The third-order valence-electron chi connectivity index (χ3n) is 2.92. The van der Waals surface area contributed by atoms with E-state index >= 15 is 0 Å². The van der Waals surface area contributed by atoms with Crippen molar-refractivity contribution >= 4 is 5.69 Å². The van der Waals surface area contributed by atoms with Gasteiger partial charge in [-0.1, -0.05) is 13.5 Å². The lowest BCUT2D eigenvalue weighted by Crippen LogP contribution is -2.20. The zero-order chi connectivity index (χ0) is 15.1. The molecule has 0 saturated heterocycles. The molecule has 0 atom stereocenters. The third-order valence-corrected chi connectivity index (χ3v) is 2.92. The molecule has 0 amide bonds. The van der Waals surface area contributed by atoms with Gasteiger partial charge in [-0.05, 0) is 44.0 Å². The van der Waals surface area contributed by atoms with E-state index in [1.54, 1.807) is 13.0 Å².